The molecule has 0 unspecified atom stereocenters. The average molecular weight is 293 g/mol. The van der Waals surface area contributed by atoms with Crippen LogP contribution < -0.4 is 5.56 Å². The molecule has 0 saturated heterocycles. The average Bonchev–Trinajstić information content (AvgIpc) is 3.03. The third-order valence-electron chi connectivity index (χ3n) is 3.15. The highest BCUT2D eigenvalue weighted by Crippen LogP contribution is 2.40. The first-order valence-electron chi connectivity index (χ1n) is 5.73. The summed E-state index contributed by atoms with van der Waals surface area (Å²) in [7, 11) is 0. The van der Waals surface area contributed by atoms with Gasteiger partial charge in [0.25, 0.3) is 5.56 Å². The van der Waals surface area contributed by atoms with Crippen LogP contribution in [0.1, 0.15) is 30.0 Å². The van der Waals surface area contributed by atoms with Gasteiger partial charge in [-0.2, -0.15) is 0 Å². The lowest BCUT2D eigenvalue weighted by atomic mass is 10.2. The van der Waals surface area contributed by atoms with E-state index < -0.39 is 0 Å². The molecule has 1 heterocycles. The maximum absolute atomic E-state index is 11.5. The molecule has 3 rings (SSSR count). The van der Waals surface area contributed by atoms with Gasteiger partial charge in [-0.15, -0.1) is 0 Å². The van der Waals surface area contributed by atoms with Crippen LogP contribution in [0.3, 0.4) is 0 Å². The van der Waals surface area contributed by atoms with E-state index in [1.807, 2.05) is 16.8 Å². The summed E-state index contributed by atoms with van der Waals surface area (Å²) in [4.78, 5) is 11.5. The first-order valence-corrected chi connectivity index (χ1v) is 6.53. The summed E-state index contributed by atoms with van der Waals surface area (Å²) in [6, 6.07) is 7.81. The lowest BCUT2D eigenvalue weighted by Gasteiger charge is -2.10. The van der Waals surface area contributed by atoms with Crippen LogP contribution in [0.5, 0.6) is 0 Å². The molecule has 3 nitrogen and oxygen atoms in total. The van der Waals surface area contributed by atoms with E-state index in [4.69, 9.17) is 0 Å². The topological polar surface area (TPSA) is 37.8 Å². The Kier molecular flexibility index (Phi) is 2.47. The van der Waals surface area contributed by atoms with Crippen molar-refractivity contribution in [1.82, 2.24) is 9.78 Å². The number of hydrogen-bond acceptors (Lipinski definition) is 1. The van der Waals surface area contributed by atoms with E-state index in [-0.39, 0.29) is 5.56 Å². The van der Waals surface area contributed by atoms with E-state index in [1.165, 1.54) is 12.8 Å². The van der Waals surface area contributed by atoms with Crippen molar-refractivity contribution in [3.05, 3.63) is 50.3 Å². The number of hydrogen-bond donors (Lipinski definition) is 1. The Labute approximate surface area is 108 Å². The highest BCUT2D eigenvalue weighted by molar-refractivity contribution is 9.10. The minimum atomic E-state index is -0.0192. The Morgan fingerprint density at radius 3 is 2.76 bits per heavy atom. The molecular formula is C13H13BrN2O. The number of aromatic amines is 1. The summed E-state index contributed by atoms with van der Waals surface area (Å²) in [6.45, 7) is 2.05. The second-order valence-corrected chi connectivity index (χ2v) is 5.50. The predicted molar refractivity (Wildman–Crippen MR) is 70.8 cm³/mol. The van der Waals surface area contributed by atoms with Gasteiger partial charge < -0.3 is 0 Å². The number of nitrogens with zero attached hydrogens (tertiary/aromatic N) is 1. The molecule has 4 heteroatoms. The Balaban J connectivity index is 2.17. The fourth-order valence-electron chi connectivity index (χ4n) is 2.15. The van der Waals surface area contributed by atoms with Crippen molar-refractivity contribution in [3.63, 3.8) is 0 Å². The smallest absolute Gasteiger partial charge is 0.264 e. The van der Waals surface area contributed by atoms with Crippen molar-refractivity contribution >= 4 is 15.9 Å². The van der Waals surface area contributed by atoms with Crippen molar-refractivity contribution in [3.8, 4) is 5.69 Å². The maximum Gasteiger partial charge on any atom is 0.264 e. The molecule has 2 aromatic rings. The molecule has 0 amide bonds. The molecule has 17 heavy (non-hydrogen) atoms. The molecule has 88 valence electrons. The number of halogens is 1. The van der Waals surface area contributed by atoms with Crippen LogP contribution in [-0.4, -0.2) is 9.78 Å². The van der Waals surface area contributed by atoms with E-state index in [9.17, 15) is 4.79 Å². The lowest BCUT2D eigenvalue weighted by molar-refractivity contribution is 0.794. The summed E-state index contributed by atoms with van der Waals surface area (Å²) in [5.41, 5.74) is 3.29. The summed E-state index contributed by atoms with van der Waals surface area (Å²) in [5.74, 6) is 0.553. The largest absolute Gasteiger partial charge is 0.268 e. The quantitative estimate of drug-likeness (QED) is 0.907. The summed E-state index contributed by atoms with van der Waals surface area (Å²) in [5, 5.41) is 2.89. The SMILES string of the molecule is Cc1cc(Br)ccc1-n1[nH]c(=O)cc1C1CC1. The molecule has 0 spiro atoms. The van der Waals surface area contributed by atoms with Gasteiger partial charge in [-0.25, -0.2) is 0 Å². The minimum Gasteiger partial charge on any atom is -0.268 e. The standard InChI is InChI=1S/C13H13BrN2O/c1-8-6-10(14)4-5-11(8)16-12(9-2-3-9)7-13(17)15-16/h4-7,9H,2-3H2,1H3,(H,15,17). The number of rotatable bonds is 2. The minimum absolute atomic E-state index is 0.0192. The molecule has 1 aromatic heterocycles. The monoisotopic (exact) mass is 292 g/mol. The van der Waals surface area contributed by atoms with E-state index in [2.05, 4.69) is 34.0 Å². The summed E-state index contributed by atoms with van der Waals surface area (Å²) in [6.07, 6.45) is 2.37. The van der Waals surface area contributed by atoms with Crippen molar-refractivity contribution < 1.29 is 0 Å². The highest BCUT2D eigenvalue weighted by Gasteiger charge is 2.28. The van der Waals surface area contributed by atoms with Gasteiger partial charge in [0, 0.05) is 22.2 Å². The van der Waals surface area contributed by atoms with Crippen LogP contribution in [0, 0.1) is 6.92 Å². The van der Waals surface area contributed by atoms with Crippen molar-refractivity contribution in [2.45, 2.75) is 25.7 Å². The first-order chi connectivity index (χ1) is 8.15. The number of aromatic nitrogens is 2. The maximum atomic E-state index is 11.5. The molecule has 1 aromatic carbocycles. The number of H-pyrrole nitrogens is 1. The summed E-state index contributed by atoms with van der Waals surface area (Å²) < 4.78 is 2.99. The zero-order valence-electron chi connectivity index (χ0n) is 9.53. The van der Waals surface area contributed by atoms with Crippen molar-refractivity contribution in [2.75, 3.05) is 0 Å². The zero-order chi connectivity index (χ0) is 12.0. The molecule has 1 aliphatic rings. The van der Waals surface area contributed by atoms with E-state index >= 15 is 0 Å². The van der Waals surface area contributed by atoms with Crippen molar-refractivity contribution in [1.29, 1.82) is 0 Å². The van der Waals surface area contributed by atoms with E-state index in [1.54, 1.807) is 6.07 Å². The van der Waals surface area contributed by atoms with Crippen LogP contribution in [0.25, 0.3) is 5.69 Å². The number of benzene rings is 1. The van der Waals surface area contributed by atoms with Crippen LogP contribution in [0.4, 0.5) is 0 Å². The lowest BCUT2D eigenvalue weighted by Crippen LogP contribution is -2.06. The Hall–Kier alpha value is -1.29. The third kappa shape index (κ3) is 1.97. The molecule has 0 bridgehead atoms. The van der Waals surface area contributed by atoms with Gasteiger partial charge in [-0.3, -0.25) is 14.6 Å². The van der Waals surface area contributed by atoms with Crippen molar-refractivity contribution in [2.24, 2.45) is 0 Å². The molecule has 1 saturated carbocycles. The molecule has 0 radical (unpaired) electrons. The zero-order valence-corrected chi connectivity index (χ0v) is 11.1. The number of nitrogens with one attached hydrogen (secondary N) is 1. The van der Waals surface area contributed by atoms with Gasteiger partial charge in [0.2, 0.25) is 0 Å². The van der Waals surface area contributed by atoms with Gasteiger partial charge in [0.15, 0.2) is 0 Å². The molecule has 0 atom stereocenters. The van der Waals surface area contributed by atoms with Gasteiger partial charge in [-0.1, -0.05) is 15.9 Å². The fraction of sp³-hybridized carbons (Fsp3) is 0.308. The van der Waals surface area contributed by atoms with Crippen LogP contribution in [0.15, 0.2) is 33.5 Å². The molecule has 1 aliphatic carbocycles. The van der Waals surface area contributed by atoms with Gasteiger partial charge in [0.05, 0.1) is 5.69 Å². The Bertz CT molecular complexity index is 623. The van der Waals surface area contributed by atoms with Gasteiger partial charge >= 0.3 is 0 Å². The molecule has 0 aliphatic heterocycles. The molecule has 1 fully saturated rings. The van der Waals surface area contributed by atoms with Gasteiger partial charge in [0.1, 0.15) is 0 Å². The third-order valence-corrected chi connectivity index (χ3v) is 3.65. The summed E-state index contributed by atoms with van der Waals surface area (Å²) >= 11 is 3.45. The second kappa shape index (κ2) is 3.88. The normalized spacial score (nSPS) is 15.2. The van der Waals surface area contributed by atoms with E-state index in [0.717, 1.165) is 21.4 Å². The number of aryl methyl sites for hydroxylation is 1. The fourth-order valence-corrected chi connectivity index (χ4v) is 2.63. The molecular weight excluding hydrogens is 280 g/mol. The predicted octanol–water partition coefficient (Wildman–Crippen LogP) is 3.11. The van der Waals surface area contributed by atoms with Gasteiger partial charge in [-0.05, 0) is 43.5 Å². The molecule has 1 N–H and O–H groups in total. The first kappa shape index (κ1) is 10.8. The highest BCUT2D eigenvalue weighted by atomic mass is 79.9. The second-order valence-electron chi connectivity index (χ2n) is 4.59. The van der Waals surface area contributed by atoms with Crippen LogP contribution in [-0.2, 0) is 0 Å². The Morgan fingerprint density at radius 1 is 1.35 bits per heavy atom. The Morgan fingerprint density at radius 2 is 2.12 bits per heavy atom. The van der Waals surface area contributed by atoms with Crippen LogP contribution in [0.2, 0.25) is 0 Å². The van der Waals surface area contributed by atoms with E-state index in [0.29, 0.717) is 5.92 Å². The van der Waals surface area contributed by atoms with Crippen LogP contribution >= 0.6 is 15.9 Å².